The van der Waals surface area contributed by atoms with Crippen molar-refractivity contribution >= 4 is 5.97 Å². The highest BCUT2D eigenvalue weighted by atomic mass is 16.4. The second-order valence-corrected chi connectivity index (χ2v) is 6.73. The van der Waals surface area contributed by atoms with Crippen LogP contribution in [0.1, 0.15) is 72.1 Å². The number of hydrogen-bond donors (Lipinski definition) is 1. The molecule has 0 aromatic heterocycles. The summed E-state index contributed by atoms with van der Waals surface area (Å²) in [6.07, 6.45) is 13.0. The van der Waals surface area contributed by atoms with Gasteiger partial charge in [-0.15, -0.1) is 0 Å². The molecule has 2 nitrogen and oxygen atoms in total. The van der Waals surface area contributed by atoms with Gasteiger partial charge in [0, 0.05) is 6.42 Å². The molecule has 0 aromatic rings. The Morgan fingerprint density at radius 3 is 2.63 bits per heavy atom. The van der Waals surface area contributed by atoms with Crippen molar-refractivity contribution in [3.05, 3.63) is 12.2 Å². The first-order valence-electron chi connectivity index (χ1n) is 7.82. The quantitative estimate of drug-likeness (QED) is 0.469. The lowest BCUT2D eigenvalue weighted by Crippen LogP contribution is -2.35. The SMILES string of the molecule is CC[C@@H](C/C=C\CCCC(=O)O)C[C@H]1CCC1(C)C. The van der Waals surface area contributed by atoms with Gasteiger partial charge in [-0.1, -0.05) is 39.3 Å². The summed E-state index contributed by atoms with van der Waals surface area (Å²) in [5.74, 6) is 1.03. The summed E-state index contributed by atoms with van der Waals surface area (Å²) in [6.45, 7) is 7.08. The van der Waals surface area contributed by atoms with Gasteiger partial charge in [-0.25, -0.2) is 0 Å². The van der Waals surface area contributed by atoms with Gasteiger partial charge in [0.2, 0.25) is 0 Å². The first-order valence-corrected chi connectivity index (χ1v) is 7.82. The van der Waals surface area contributed by atoms with E-state index < -0.39 is 5.97 Å². The number of unbranched alkanes of at least 4 members (excludes halogenated alkanes) is 1. The summed E-state index contributed by atoms with van der Waals surface area (Å²) in [5, 5.41) is 8.55. The zero-order valence-electron chi connectivity index (χ0n) is 12.8. The van der Waals surface area contributed by atoms with Crippen LogP contribution in [0.25, 0.3) is 0 Å². The second-order valence-electron chi connectivity index (χ2n) is 6.73. The Labute approximate surface area is 118 Å². The van der Waals surface area contributed by atoms with E-state index in [0.717, 1.165) is 31.1 Å². The van der Waals surface area contributed by atoms with E-state index in [2.05, 4.69) is 32.9 Å². The van der Waals surface area contributed by atoms with Gasteiger partial charge >= 0.3 is 5.97 Å². The Balaban J connectivity index is 2.18. The standard InChI is InChI=1S/C17H30O2/c1-4-14(13-15-11-12-17(15,2)3)9-7-5-6-8-10-16(18)19/h5,7,14-15H,4,6,8-13H2,1-3H3,(H,18,19)/b7-5-/t14-,15+/m0/s1. The number of aliphatic carboxylic acids is 1. The van der Waals surface area contributed by atoms with E-state index in [0.29, 0.717) is 5.41 Å². The van der Waals surface area contributed by atoms with Crippen LogP contribution in [0.4, 0.5) is 0 Å². The van der Waals surface area contributed by atoms with E-state index in [9.17, 15) is 4.79 Å². The van der Waals surface area contributed by atoms with E-state index in [4.69, 9.17) is 5.11 Å². The monoisotopic (exact) mass is 266 g/mol. The molecule has 0 saturated heterocycles. The van der Waals surface area contributed by atoms with Crippen LogP contribution < -0.4 is 0 Å². The third-order valence-corrected chi connectivity index (χ3v) is 4.84. The Bertz CT molecular complexity index is 304. The molecule has 110 valence electrons. The first-order chi connectivity index (χ1) is 8.95. The summed E-state index contributed by atoms with van der Waals surface area (Å²) in [6, 6.07) is 0. The molecule has 2 heteroatoms. The molecule has 1 rings (SSSR count). The van der Waals surface area contributed by atoms with Crippen LogP contribution in [0.3, 0.4) is 0 Å². The number of carboxylic acids is 1. The van der Waals surface area contributed by atoms with Gasteiger partial charge in [0.15, 0.2) is 0 Å². The molecule has 0 amide bonds. The highest BCUT2D eigenvalue weighted by Gasteiger charge is 2.38. The van der Waals surface area contributed by atoms with E-state index in [1.54, 1.807) is 0 Å². The normalized spacial score (nSPS) is 23.2. The topological polar surface area (TPSA) is 37.3 Å². The van der Waals surface area contributed by atoms with Crippen LogP contribution >= 0.6 is 0 Å². The Morgan fingerprint density at radius 1 is 1.42 bits per heavy atom. The molecule has 1 fully saturated rings. The smallest absolute Gasteiger partial charge is 0.303 e. The highest BCUT2D eigenvalue weighted by molar-refractivity contribution is 5.66. The molecule has 0 aromatic carbocycles. The van der Waals surface area contributed by atoms with Gasteiger partial charge in [0.05, 0.1) is 0 Å². The zero-order chi connectivity index (χ0) is 14.3. The molecule has 1 saturated carbocycles. The second kappa shape index (κ2) is 7.72. The number of carbonyl (C=O) groups is 1. The Morgan fingerprint density at radius 2 is 2.16 bits per heavy atom. The van der Waals surface area contributed by atoms with Gasteiger partial charge in [0.25, 0.3) is 0 Å². The minimum Gasteiger partial charge on any atom is -0.481 e. The van der Waals surface area contributed by atoms with Gasteiger partial charge < -0.3 is 5.11 Å². The minimum absolute atomic E-state index is 0.289. The van der Waals surface area contributed by atoms with Crippen LogP contribution in [0.2, 0.25) is 0 Å². The van der Waals surface area contributed by atoms with Crippen LogP contribution in [0.15, 0.2) is 12.2 Å². The Kier molecular flexibility index (Phi) is 6.60. The van der Waals surface area contributed by atoms with E-state index >= 15 is 0 Å². The summed E-state index contributed by atoms with van der Waals surface area (Å²) in [7, 11) is 0. The van der Waals surface area contributed by atoms with Crippen LogP contribution in [-0.2, 0) is 4.79 Å². The highest BCUT2D eigenvalue weighted by Crippen LogP contribution is 2.49. The van der Waals surface area contributed by atoms with Crippen LogP contribution in [0, 0.1) is 17.3 Å². The van der Waals surface area contributed by atoms with Gasteiger partial charge in [-0.05, 0) is 55.8 Å². The van der Waals surface area contributed by atoms with Gasteiger partial charge in [-0.2, -0.15) is 0 Å². The summed E-state index contributed by atoms with van der Waals surface area (Å²) < 4.78 is 0. The molecule has 0 heterocycles. The number of rotatable bonds is 9. The summed E-state index contributed by atoms with van der Waals surface area (Å²) in [5.41, 5.74) is 0.568. The van der Waals surface area contributed by atoms with Gasteiger partial charge in [0.1, 0.15) is 0 Å². The maximum absolute atomic E-state index is 10.4. The summed E-state index contributed by atoms with van der Waals surface area (Å²) >= 11 is 0. The third kappa shape index (κ3) is 5.80. The fraction of sp³-hybridized carbons (Fsp3) is 0.824. The maximum atomic E-state index is 10.4. The molecule has 1 N–H and O–H groups in total. The predicted octanol–water partition coefficient (Wildman–Crippen LogP) is 5.04. The number of allylic oxidation sites excluding steroid dienone is 2. The molecule has 0 bridgehead atoms. The van der Waals surface area contributed by atoms with Crippen molar-refractivity contribution in [2.75, 3.05) is 0 Å². The lowest BCUT2D eigenvalue weighted by Gasteiger charge is -2.46. The fourth-order valence-electron chi connectivity index (χ4n) is 2.97. The molecule has 1 aliphatic rings. The molecule has 2 atom stereocenters. The average Bonchev–Trinajstić information content (AvgIpc) is 2.35. The fourth-order valence-corrected chi connectivity index (χ4v) is 2.97. The van der Waals surface area contributed by atoms with Crippen molar-refractivity contribution < 1.29 is 9.90 Å². The largest absolute Gasteiger partial charge is 0.481 e. The van der Waals surface area contributed by atoms with Crippen molar-refractivity contribution in [3.63, 3.8) is 0 Å². The van der Waals surface area contributed by atoms with E-state index in [1.165, 1.54) is 25.7 Å². The van der Waals surface area contributed by atoms with Crippen LogP contribution in [0.5, 0.6) is 0 Å². The van der Waals surface area contributed by atoms with Crippen molar-refractivity contribution in [1.82, 2.24) is 0 Å². The Hall–Kier alpha value is -0.790. The lowest BCUT2D eigenvalue weighted by atomic mass is 9.59. The van der Waals surface area contributed by atoms with Gasteiger partial charge in [-0.3, -0.25) is 4.79 Å². The maximum Gasteiger partial charge on any atom is 0.303 e. The molecule has 0 radical (unpaired) electrons. The molecule has 0 spiro atoms. The molecule has 0 aliphatic heterocycles. The minimum atomic E-state index is -0.688. The molecule has 1 aliphatic carbocycles. The summed E-state index contributed by atoms with van der Waals surface area (Å²) in [4.78, 5) is 10.4. The zero-order valence-corrected chi connectivity index (χ0v) is 12.8. The molecular formula is C17H30O2. The first kappa shape index (κ1) is 16.3. The predicted molar refractivity (Wildman–Crippen MR) is 80.1 cm³/mol. The van der Waals surface area contributed by atoms with Crippen molar-refractivity contribution in [2.24, 2.45) is 17.3 Å². The molecular weight excluding hydrogens is 236 g/mol. The van der Waals surface area contributed by atoms with Crippen molar-refractivity contribution in [2.45, 2.75) is 72.1 Å². The van der Waals surface area contributed by atoms with Crippen molar-refractivity contribution in [3.8, 4) is 0 Å². The number of hydrogen-bond acceptors (Lipinski definition) is 1. The van der Waals surface area contributed by atoms with E-state index in [-0.39, 0.29) is 6.42 Å². The molecule has 0 unspecified atom stereocenters. The average molecular weight is 266 g/mol. The third-order valence-electron chi connectivity index (χ3n) is 4.84. The van der Waals surface area contributed by atoms with Crippen LogP contribution in [-0.4, -0.2) is 11.1 Å². The van der Waals surface area contributed by atoms with E-state index in [1.807, 2.05) is 0 Å². The number of carboxylic acid groups (broad SMARTS) is 1. The van der Waals surface area contributed by atoms with Crippen molar-refractivity contribution in [1.29, 1.82) is 0 Å². The molecule has 19 heavy (non-hydrogen) atoms. The lowest BCUT2D eigenvalue weighted by molar-refractivity contribution is -0.137.